The maximum absolute atomic E-state index is 10.8. The van der Waals surface area contributed by atoms with E-state index in [0.29, 0.717) is 0 Å². The molecule has 0 aliphatic heterocycles. The van der Waals surface area contributed by atoms with Crippen LogP contribution in [0, 0.1) is 32.1 Å². The Morgan fingerprint density at radius 3 is 1.31 bits per heavy atom. The highest BCUT2D eigenvalue weighted by molar-refractivity contribution is 6.23. The van der Waals surface area contributed by atoms with E-state index in [4.69, 9.17) is 23.2 Å². The molecule has 0 saturated heterocycles. The molecule has 0 N–H and O–H groups in total. The first kappa shape index (κ1) is 11.9. The summed E-state index contributed by atoms with van der Waals surface area (Å²) in [6, 6.07) is 0. The normalized spacial score (nSPS) is 46.6. The predicted molar refractivity (Wildman–Crippen MR) is 56.6 cm³/mol. The van der Waals surface area contributed by atoms with Crippen molar-refractivity contribution in [3.63, 3.8) is 0 Å². The first-order valence-electron chi connectivity index (χ1n) is 4.94. The van der Waals surface area contributed by atoms with Crippen molar-refractivity contribution in [3.8, 4) is 0 Å². The van der Waals surface area contributed by atoms with E-state index in [1.54, 1.807) is 0 Å². The molecule has 0 aromatic rings. The monoisotopic (exact) mass is 268 g/mol. The number of alkyl halides is 2. The average Bonchev–Trinajstić information content (AvgIpc) is 2.57. The highest BCUT2D eigenvalue weighted by Gasteiger charge is 2.63. The van der Waals surface area contributed by atoms with Crippen LogP contribution in [0.15, 0.2) is 0 Å². The van der Waals surface area contributed by atoms with Crippen LogP contribution in [-0.2, 0) is 0 Å². The number of halogens is 2. The second kappa shape index (κ2) is 3.43. The Hall–Kier alpha value is -0.620. The molecule has 2 saturated carbocycles. The molecule has 2 aliphatic carbocycles. The Morgan fingerprint density at radius 2 is 1.12 bits per heavy atom. The van der Waals surface area contributed by atoms with Gasteiger partial charge in [-0.1, -0.05) is 0 Å². The van der Waals surface area contributed by atoms with Crippen LogP contribution >= 0.6 is 23.2 Å². The van der Waals surface area contributed by atoms with Gasteiger partial charge in [0, 0.05) is 35.5 Å². The second-order valence-electron chi connectivity index (χ2n) is 4.69. The van der Waals surface area contributed by atoms with Crippen molar-refractivity contribution in [2.75, 3.05) is 0 Å². The molecule has 0 aromatic carbocycles. The minimum absolute atomic E-state index is 0.106. The summed E-state index contributed by atoms with van der Waals surface area (Å²) in [6.07, 6.45) is 0.701. The molecule has 6 nitrogen and oxygen atoms in total. The highest BCUT2D eigenvalue weighted by Crippen LogP contribution is 2.56. The Labute approximate surface area is 101 Å². The molecule has 0 heterocycles. The number of fused-ring (bicyclic) bond motifs is 1. The van der Waals surface area contributed by atoms with Crippen LogP contribution < -0.4 is 0 Å². The molecular formula is C8H10Cl2N2O4. The number of nitrogens with zero attached hydrogens (tertiary/aromatic N) is 2. The van der Waals surface area contributed by atoms with Gasteiger partial charge in [-0.05, 0) is 35.0 Å². The maximum atomic E-state index is 10.8. The number of nitro groups is 2. The molecule has 16 heavy (non-hydrogen) atoms. The van der Waals surface area contributed by atoms with Gasteiger partial charge in [0.15, 0.2) is 0 Å². The molecule has 90 valence electrons. The zero-order valence-electron chi connectivity index (χ0n) is 8.27. The quantitative estimate of drug-likeness (QED) is 0.333. The fourth-order valence-electron chi connectivity index (χ4n) is 2.88. The van der Waals surface area contributed by atoms with Crippen LogP contribution in [0.2, 0.25) is 0 Å². The van der Waals surface area contributed by atoms with Gasteiger partial charge >= 0.3 is 0 Å². The summed E-state index contributed by atoms with van der Waals surface area (Å²) in [5.41, 5.74) is 0. The molecule has 2 fully saturated rings. The van der Waals surface area contributed by atoms with Gasteiger partial charge in [0.05, 0.1) is 0 Å². The van der Waals surface area contributed by atoms with Crippen molar-refractivity contribution < 1.29 is 9.85 Å². The topological polar surface area (TPSA) is 86.3 Å². The molecule has 0 amide bonds. The standard InChI is InChI=1S/C8H10Cl2N2O4/c9-7(11(13)14)1-5-2-8(10,12(15)16)4-6(5)3-7/h5-6H,1-4H2. The van der Waals surface area contributed by atoms with Crippen LogP contribution in [0.25, 0.3) is 0 Å². The summed E-state index contributed by atoms with van der Waals surface area (Å²) in [5.74, 6) is -0.211. The summed E-state index contributed by atoms with van der Waals surface area (Å²) < 4.78 is 0. The smallest absolute Gasteiger partial charge is 0.263 e. The number of hydrogen-bond donors (Lipinski definition) is 0. The maximum Gasteiger partial charge on any atom is 0.295 e. The third-order valence-corrected chi connectivity index (χ3v) is 4.51. The van der Waals surface area contributed by atoms with E-state index in [2.05, 4.69) is 0 Å². The lowest BCUT2D eigenvalue weighted by Crippen LogP contribution is -2.33. The summed E-state index contributed by atoms with van der Waals surface area (Å²) in [7, 11) is 0. The first-order chi connectivity index (χ1) is 7.27. The third kappa shape index (κ3) is 1.64. The lowest BCUT2D eigenvalue weighted by molar-refractivity contribution is -0.549. The van der Waals surface area contributed by atoms with E-state index in [1.165, 1.54) is 0 Å². The molecule has 2 rings (SSSR count). The minimum atomic E-state index is -1.44. The number of hydrogen-bond acceptors (Lipinski definition) is 4. The molecule has 0 spiro atoms. The summed E-state index contributed by atoms with van der Waals surface area (Å²) in [6.45, 7) is 0. The molecular weight excluding hydrogens is 259 g/mol. The van der Waals surface area contributed by atoms with Gasteiger partial charge in [0.25, 0.3) is 10.00 Å². The van der Waals surface area contributed by atoms with Gasteiger partial charge in [-0.2, -0.15) is 0 Å². The summed E-state index contributed by atoms with van der Waals surface area (Å²) in [4.78, 5) is 17.6. The van der Waals surface area contributed by atoms with Gasteiger partial charge < -0.3 is 0 Å². The van der Waals surface area contributed by atoms with Crippen molar-refractivity contribution in [2.45, 2.75) is 35.7 Å². The van der Waals surface area contributed by atoms with Crippen molar-refractivity contribution in [2.24, 2.45) is 11.8 Å². The van der Waals surface area contributed by atoms with Crippen LogP contribution in [0.5, 0.6) is 0 Å². The lowest BCUT2D eigenvalue weighted by Gasteiger charge is -2.16. The van der Waals surface area contributed by atoms with Crippen molar-refractivity contribution in [3.05, 3.63) is 20.2 Å². The number of rotatable bonds is 2. The van der Waals surface area contributed by atoms with Gasteiger partial charge in [-0.3, -0.25) is 20.2 Å². The van der Waals surface area contributed by atoms with E-state index >= 15 is 0 Å². The minimum Gasteiger partial charge on any atom is -0.263 e. The lowest BCUT2D eigenvalue weighted by atomic mass is 10.0. The second-order valence-corrected chi connectivity index (χ2v) is 6.09. The largest absolute Gasteiger partial charge is 0.295 e. The van der Waals surface area contributed by atoms with E-state index < -0.39 is 19.8 Å². The van der Waals surface area contributed by atoms with E-state index in [0.717, 1.165) is 0 Å². The molecule has 2 aliphatic rings. The highest BCUT2D eigenvalue weighted by atomic mass is 35.5. The average molecular weight is 269 g/mol. The molecule has 8 heteroatoms. The van der Waals surface area contributed by atoms with E-state index in [1.807, 2.05) is 0 Å². The van der Waals surface area contributed by atoms with Crippen molar-refractivity contribution in [1.82, 2.24) is 0 Å². The Morgan fingerprint density at radius 1 is 0.875 bits per heavy atom. The van der Waals surface area contributed by atoms with Crippen LogP contribution in [0.4, 0.5) is 0 Å². The molecule has 0 radical (unpaired) electrons. The van der Waals surface area contributed by atoms with Crippen LogP contribution in [0.3, 0.4) is 0 Å². The van der Waals surface area contributed by atoms with Gasteiger partial charge in [0.2, 0.25) is 0 Å². The zero-order chi connectivity index (χ0) is 12.1. The Balaban J connectivity index is 2.12. The SMILES string of the molecule is O=[N+]([O-])C1(Cl)CC2CC(Cl)([N+](=O)[O-])CC2C1. The Kier molecular flexibility index (Phi) is 2.54. The summed E-state index contributed by atoms with van der Waals surface area (Å²) >= 11 is 11.7. The molecule has 0 atom stereocenters. The van der Waals surface area contributed by atoms with Gasteiger partial charge in [-0.25, -0.2) is 0 Å². The predicted octanol–water partition coefficient (Wildman–Crippen LogP) is 2.23. The Bertz CT molecular complexity index is 316. The fraction of sp³-hybridized carbons (Fsp3) is 1.00. The molecule has 0 aromatic heterocycles. The summed E-state index contributed by atoms with van der Waals surface area (Å²) in [5, 5.41) is 21.5. The molecule has 0 unspecified atom stereocenters. The van der Waals surface area contributed by atoms with Crippen molar-refractivity contribution in [1.29, 1.82) is 0 Å². The van der Waals surface area contributed by atoms with E-state index in [-0.39, 0.29) is 37.5 Å². The third-order valence-electron chi connectivity index (χ3n) is 3.62. The van der Waals surface area contributed by atoms with Gasteiger partial charge in [-0.15, -0.1) is 0 Å². The van der Waals surface area contributed by atoms with E-state index in [9.17, 15) is 20.2 Å². The fourth-order valence-corrected chi connectivity index (χ4v) is 3.68. The van der Waals surface area contributed by atoms with Crippen LogP contribution in [0.1, 0.15) is 25.7 Å². The first-order valence-corrected chi connectivity index (χ1v) is 5.69. The van der Waals surface area contributed by atoms with Crippen LogP contribution in [-0.4, -0.2) is 19.8 Å². The van der Waals surface area contributed by atoms with Crippen molar-refractivity contribution >= 4 is 23.2 Å². The molecule has 0 bridgehead atoms. The van der Waals surface area contributed by atoms with Gasteiger partial charge in [0.1, 0.15) is 0 Å². The zero-order valence-corrected chi connectivity index (χ0v) is 9.78.